The molecular weight excluding hydrogens is 190 g/mol. The van der Waals surface area contributed by atoms with Crippen LogP contribution in [-0.4, -0.2) is 14.2 Å². The van der Waals surface area contributed by atoms with E-state index in [2.05, 4.69) is 5.10 Å². The molecule has 0 saturated heterocycles. The van der Waals surface area contributed by atoms with Gasteiger partial charge in [-0.3, -0.25) is 9.36 Å². The third-order valence-electron chi connectivity index (χ3n) is 2.57. The van der Waals surface area contributed by atoms with E-state index in [1.807, 2.05) is 30.3 Å². The largest absolute Gasteiger partial charge is 0.299 e. The molecule has 2 heterocycles. The van der Waals surface area contributed by atoms with Gasteiger partial charge in [0.2, 0.25) is 0 Å². The Bertz CT molecular complexity index is 708. The van der Waals surface area contributed by atoms with Gasteiger partial charge in [0.25, 0.3) is 5.56 Å². The molecule has 0 aliphatic carbocycles. The van der Waals surface area contributed by atoms with Crippen molar-refractivity contribution in [1.82, 2.24) is 14.2 Å². The summed E-state index contributed by atoms with van der Waals surface area (Å²) in [5.74, 6) is 0. The van der Waals surface area contributed by atoms with E-state index in [4.69, 9.17) is 0 Å². The third-order valence-corrected chi connectivity index (χ3v) is 2.57. The van der Waals surface area contributed by atoms with E-state index in [-0.39, 0.29) is 5.56 Å². The van der Waals surface area contributed by atoms with Crippen molar-refractivity contribution in [2.75, 3.05) is 0 Å². The summed E-state index contributed by atoms with van der Waals surface area (Å²) in [5, 5.41) is 5.24. The minimum Gasteiger partial charge on any atom is -0.299 e. The number of aryl methyl sites for hydroxylation is 1. The van der Waals surface area contributed by atoms with Gasteiger partial charge >= 0.3 is 0 Å². The first-order valence-electron chi connectivity index (χ1n) is 4.69. The van der Waals surface area contributed by atoms with E-state index in [1.54, 1.807) is 11.6 Å². The van der Waals surface area contributed by atoms with Crippen LogP contribution >= 0.6 is 0 Å². The molecule has 0 spiro atoms. The molecule has 0 N–H and O–H groups in total. The van der Waals surface area contributed by atoms with Gasteiger partial charge in [-0.25, -0.2) is 4.52 Å². The molecule has 0 unspecified atom stereocenters. The fourth-order valence-corrected chi connectivity index (χ4v) is 1.78. The molecule has 4 nitrogen and oxygen atoms in total. The maximum atomic E-state index is 11.8. The molecule has 3 aromatic rings. The quantitative estimate of drug-likeness (QED) is 0.545. The fourth-order valence-electron chi connectivity index (χ4n) is 1.78. The van der Waals surface area contributed by atoms with Crippen LogP contribution in [0.5, 0.6) is 0 Å². The molecule has 4 heteroatoms. The van der Waals surface area contributed by atoms with E-state index < -0.39 is 0 Å². The predicted molar refractivity (Wildman–Crippen MR) is 57.9 cm³/mol. The highest BCUT2D eigenvalue weighted by Crippen LogP contribution is 2.15. The highest BCUT2D eigenvalue weighted by atomic mass is 16.1. The number of fused-ring (bicyclic) bond motifs is 3. The topological polar surface area (TPSA) is 39.3 Å². The molecule has 2 aromatic heterocycles. The molecule has 1 aromatic carbocycles. The molecule has 0 aliphatic rings. The average molecular weight is 199 g/mol. The SMILES string of the molecule is Cn1cnn2c(cc3ccccc32)c1=O. The lowest BCUT2D eigenvalue weighted by Crippen LogP contribution is -2.19. The molecule has 0 amide bonds. The number of rotatable bonds is 0. The van der Waals surface area contributed by atoms with Crippen molar-refractivity contribution in [3.63, 3.8) is 0 Å². The van der Waals surface area contributed by atoms with Gasteiger partial charge in [-0.05, 0) is 12.1 Å². The molecule has 0 radical (unpaired) electrons. The smallest absolute Gasteiger partial charge is 0.277 e. The molecule has 3 rings (SSSR count). The first-order valence-corrected chi connectivity index (χ1v) is 4.69. The number of aromatic nitrogens is 3. The van der Waals surface area contributed by atoms with Gasteiger partial charge in [0.05, 0.1) is 5.52 Å². The Kier molecular flexibility index (Phi) is 1.48. The van der Waals surface area contributed by atoms with Crippen molar-refractivity contribution in [3.8, 4) is 0 Å². The number of para-hydroxylation sites is 1. The minimum absolute atomic E-state index is 0.0267. The molecule has 0 saturated carbocycles. The van der Waals surface area contributed by atoms with Gasteiger partial charge in [-0.2, -0.15) is 5.10 Å². The Morgan fingerprint density at radius 3 is 2.87 bits per heavy atom. The van der Waals surface area contributed by atoms with E-state index >= 15 is 0 Å². The van der Waals surface area contributed by atoms with Gasteiger partial charge < -0.3 is 0 Å². The number of nitrogens with zero attached hydrogens (tertiary/aromatic N) is 3. The standard InChI is InChI=1S/C11H9N3O/c1-13-7-12-14-9-5-3-2-4-8(9)6-10(14)11(13)15/h2-7H,1H3. The second kappa shape index (κ2) is 2.70. The average Bonchev–Trinajstić information content (AvgIpc) is 2.63. The Labute approximate surface area is 85.4 Å². The summed E-state index contributed by atoms with van der Waals surface area (Å²) < 4.78 is 3.16. The van der Waals surface area contributed by atoms with Crippen LogP contribution in [0.25, 0.3) is 16.4 Å². The lowest BCUT2D eigenvalue weighted by Gasteiger charge is -1.97. The third kappa shape index (κ3) is 1.01. The van der Waals surface area contributed by atoms with Crippen molar-refractivity contribution in [2.45, 2.75) is 0 Å². The van der Waals surface area contributed by atoms with Crippen molar-refractivity contribution < 1.29 is 0 Å². The first kappa shape index (κ1) is 8.23. The second-order valence-electron chi connectivity index (χ2n) is 3.55. The fraction of sp³-hybridized carbons (Fsp3) is 0.0909. The van der Waals surface area contributed by atoms with Crippen molar-refractivity contribution in [1.29, 1.82) is 0 Å². The lowest BCUT2D eigenvalue weighted by molar-refractivity contribution is 0.773. The molecule has 0 fully saturated rings. The summed E-state index contributed by atoms with van der Waals surface area (Å²) in [6.07, 6.45) is 1.53. The van der Waals surface area contributed by atoms with Crippen molar-refractivity contribution >= 4 is 16.4 Å². The summed E-state index contributed by atoms with van der Waals surface area (Å²) >= 11 is 0. The number of benzene rings is 1. The van der Waals surface area contributed by atoms with Crippen LogP contribution in [-0.2, 0) is 7.05 Å². The van der Waals surface area contributed by atoms with Crippen molar-refractivity contribution in [2.24, 2.45) is 7.05 Å². The van der Waals surface area contributed by atoms with E-state index in [1.165, 1.54) is 10.9 Å². The zero-order valence-electron chi connectivity index (χ0n) is 8.21. The summed E-state index contributed by atoms with van der Waals surface area (Å²) in [5.41, 5.74) is 1.55. The number of hydrogen-bond acceptors (Lipinski definition) is 2. The summed E-state index contributed by atoms with van der Waals surface area (Å²) in [4.78, 5) is 11.8. The minimum atomic E-state index is -0.0267. The zero-order valence-corrected chi connectivity index (χ0v) is 8.21. The summed E-state index contributed by atoms with van der Waals surface area (Å²) in [7, 11) is 1.70. The van der Waals surface area contributed by atoms with Gasteiger partial charge in [0.15, 0.2) is 0 Å². The molecule has 0 bridgehead atoms. The van der Waals surface area contributed by atoms with Crippen LogP contribution in [0.15, 0.2) is 41.5 Å². The van der Waals surface area contributed by atoms with Crippen molar-refractivity contribution in [3.05, 3.63) is 47.0 Å². The van der Waals surface area contributed by atoms with Gasteiger partial charge in [0, 0.05) is 12.4 Å². The van der Waals surface area contributed by atoms with Crippen LogP contribution in [0.1, 0.15) is 0 Å². The Morgan fingerprint density at radius 1 is 1.20 bits per heavy atom. The van der Waals surface area contributed by atoms with Crippen LogP contribution in [0.4, 0.5) is 0 Å². The maximum absolute atomic E-state index is 11.8. The van der Waals surface area contributed by atoms with Crippen LogP contribution in [0.2, 0.25) is 0 Å². The van der Waals surface area contributed by atoms with Crippen LogP contribution in [0.3, 0.4) is 0 Å². The molecule has 0 aliphatic heterocycles. The normalized spacial score (nSPS) is 11.3. The summed E-state index contributed by atoms with van der Waals surface area (Å²) in [6.45, 7) is 0. The van der Waals surface area contributed by atoms with Crippen LogP contribution in [0, 0.1) is 0 Å². The maximum Gasteiger partial charge on any atom is 0.277 e. The molecule has 74 valence electrons. The van der Waals surface area contributed by atoms with Gasteiger partial charge in [0.1, 0.15) is 11.8 Å². The molecular formula is C11H9N3O. The highest BCUT2D eigenvalue weighted by Gasteiger charge is 2.06. The molecule has 15 heavy (non-hydrogen) atoms. The Hall–Kier alpha value is -2.10. The predicted octanol–water partition coefficient (Wildman–Crippen LogP) is 1.19. The monoisotopic (exact) mass is 199 g/mol. The number of hydrogen-bond donors (Lipinski definition) is 0. The highest BCUT2D eigenvalue weighted by molar-refractivity contribution is 5.86. The van der Waals surface area contributed by atoms with E-state index in [9.17, 15) is 4.79 Å². The van der Waals surface area contributed by atoms with E-state index in [0.29, 0.717) is 5.52 Å². The first-order chi connectivity index (χ1) is 7.27. The Morgan fingerprint density at radius 2 is 2.00 bits per heavy atom. The zero-order chi connectivity index (χ0) is 10.4. The second-order valence-corrected chi connectivity index (χ2v) is 3.55. The Balaban J connectivity index is 2.66. The summed E-state index contributed by atoms with van der Waals surface area (Å²) in [6, 6.07) is 9.68. The molecule has 0 atom stereocenters. The lowest BCUT2D eigenvalue weighted by atomic mass is 10.2. The van der Waals surface area contributed by atoms with Crippen LogP contribution < -0.4 is 5.56 Å². The van der Waals surface area contributed by atoms with Gasteiger partial charge in [-0.15, -0.1) is 0 Å². The van der Waals surface area contributed by atoms with Gasteiger partial charge in [-0.1, -0.05) is 18.2 Å². The van der Waals surface area contributed by atoms with E-state index in [0.717, 1.165) is 10.9 Å².